The van der Waals surface area contributed by atoms with Crippen LogP contribution in [0.5, 0.6) is 0 Å². The molecule has 2 aromatic rings. The topological polar surface area (TPSA) is 62.0 Å². The van der Waals surface area contributed by atoms with Crippen LogP contribution < -0.4 is 10.7 Å². The van der Waals surface area contributed by atoms with Crippen molar-refractivity contribution in [2.45, 2.75) is 27.2 Å². The Kier molecular flexibility index (Phi) is 6.82. The van der Waals surface area contributed by atoms with Gasteiger partial charge in [-0.15, -0.1) is 0 Å². The van der Waals surface area contributed by atoms with Gasteiger partial charge in [-0.2, -0.15) is 5.10 Å². The Labute approximate surface area is 165 Å². The predicted octanol–water partition coefficient (Wildman–Crippen LogP) is 2.82. The Morgan fingerprint density at radius 1 is 1.30 bits per heavy atom. The van der Waals surface area contributed by atoms with Crippen molar-refractivity contribution in [1.29, 1.82) is 0 Å². The lowest BCUT2D eigenvalue weighted by Crippen LogP contribution is -2.42. The summed E-state index contributed by atoms with van der Waals surface area (Å²) >= 11 is 5.33. The highest BCUT2D eigenvalue weighted by Crippen LogP contribution is 2.27. The maximum atomic E-state index is 6.05. The first-order valence-corrected chi connectivity index (χ1v) is 9.90. The molecule has 1 aliphatic rings. The first-order valence-electron chi connectivity index (χ1n) is 9.49. The van der Waals surface area contributed by atoms with E-state index in [1.807, 2.05) is 13.0 Å². The maximum absolute atomic E-state index is 6.05. The zero-order valence-corrected chi connectivity index (χ0v) is 17.1. The number of thiocarbonyl (C=S) groups is 1. The van der Waals surface area contributed by atoms with E-state index in [4.69, 9.17) is 21.4 Å². The third-order valence-electron chi connectivity index (χ3n) is 4.77. The van der Waals surface area contributed by atoms with Gasteiger partial charge in [0, 0.05) is 37.1 Å². The molecule has 1 aliphatic heterocycles. The van der Waals surface area contributed by atoms with Crippen molar-refractivity contribution in [3.8, 4) is 0 Å². The van der Waals surface area contributed by atoms with Gasteiger partial charge >= 0.3 is 0 Å². The number of rotatable bonds is 6. The maximum Gasteiger partial charge on any atom is 0.187 e. The van der Waals surface area contributed by atoms with Gasteiger partial charge in [0.2, 0.25) is 0 Å². The number of benzene rings is 1. The minimum atomic E-state index is 0.521. The lowest BCUT2D eigenvalue weighted by atomic mass is 10.0. The van der Waals surface area contributed by atoms with Crippen LogP contribution >= 0.6 is 12.2 Å². The number of nitrogens with one attached hydrogen (secondary N) is 2. The second-order valence-electron chi connectivity index (χ2n) is 6.78. The van der Waals surface area contributed by atoms with Crippen molar-refractivity contribution in [3.63, 3.8) is 0 Å². The predicted molar refractivity (Wildman–Crippen MR) is 114 cm³/mol. The summed E-state index contributed by atoms with van der Waals surface area (Å²) in [5, 5.41) is 9.30. The minimum Gasteiger partial charge on any atom is -0.454 e. The van der Waals surface area contributed by atoms with E-state index < -0.39 is 0 Å². The van der Waals surface area contributed by atoms with Crippen molar-refractivity contribution in [1.82, 2.24) is 15.6 Å². The van der Waals surface area contributed by atoms with Crippen LogP contribution in [0.1, 0.15) is 30.7 Å². The lowest BCUT2D eigenvalue weighted by Gasteiger charge is -2.26. The molecule has 1 fully saturated rings. The summed E-state index contributed by atoms with van der Waals surface area (Å²) in [5.74, 6) is 0.821. The summed E-state index contributed by atoms with van der Waals surface area (Å²) in [7, 11) is 0. The first-order chi connectivity index (χ1) is 13.1. The molecule has 27 heavy (non-hydrogen) atoms. The molecule has 2 N–H and O–H groups in total. The van der Waals surface area contributed by atoms with E-state index in [1.54, 1.807) is 0 Å². The molecule has 0 amide bonds. The smallest absolute Gasteiger partial charge is 0.187 e. The number of hydrogen-bond acceptors (Lipinski definition) is 5. The monoisotopic (exact) mass is 388 g/mol. The van der Waals surface area contributed by atoms with E-state index in [9.17, 15) is 0 Å². The van der Waals surface area contributed by atoms with Gasteiger partial charge in [0.15, 0.2) is 10.9 Å². The summed E-state index contributed by atoms with van der Waals surface area (Å²) in [6, 6.07) is 6.25. The Balaban J connectivity index is 1.58. The highest BCUT2D eigenvalue weighted by molar-refractivity contribution is 7.80. The summed E-state index contributed by atoms with van der Waals surface area (Å²) in [6.07, 6.45) is 0.890. The number of hydrogen-bond donors (Lipinski definition) is 2. The Morgan fingerprint density at radius 2 is 2.07 bits per heavy atom. The first kappa shape index (κ1) is 19.8. The molecule has 0 saturated carbocycles. The van der Waals surface area contributed by atoms with E-state index in [0.717, 1.165) is 68.3 Å². The molecule has 1 saturated heterocycles. The van der Waals surface area contributed by atoms with Crippen molar-refractivity contribution in [2.24, 2.45) is 5.10 Å². The molecule has 0 unspecified atom stereocenters. The van der Waals surface area contributed by atoms with Gasteiger partial charge in [0.25, 0.3) is 0 Å². The highest BCUT2D eigenvalue weighted by atomic mass is 32.1. The quantitative estimate of drug-likeness (QED) is 0.451. The zero-order valence-electron chi connectivity index (χ0n) is 16.3. The van der Waals surface area contributed by atoms with E-state index in [1.165, 1.54) is 11.1 Å². The number of aryl methyl sites for hydroxylation is 2. The van der Waals surface area contributed by atoms with Gasteiger partial charge in [-0.25, -0.2) is 0 Å². The van der Waals surface area contributed by atoms with Crippen LogP contribution in [0.15, 0.2) is 27.7 Å². The number of hydrazone groups is 1. The Bertz CT molecular complexity index is 825. The standard InChI is InChI=1S/C20H28N4O2S/c1-4-16-17-13-14(2)5-6-18(17)26-19(16)15(3)22-23-20(27)21-7-8-24-9-11-25-12-10-24/h5-6,13H,4,7-12H2,1-3H3,(H2,21,23,27)/b22-15-. The molecular weight excluding hydrogens is 360 g/mol. The largest absolute Gasteiger partial charge is 0.454 e. The van der Waals surface area contributed by atoms with Crippen molar-refractivity contribution >= 4 is 34.0 Å². The molecule has 0 spiro atoms. The molecule has 1 aromatic heterocycles. The third-order valence-corrected chi connectivity index (χ3v) is 5.01. The zero-order chi connectivity index (χ0) is 19.2. The molecule has 2 heterocycles. The van der Waals surface area contributed by atoms with Crippen LogP contribution in [0, 0.1) is 6.92 Å². The Hall–Kier alpha value is -1.96. The molecule has 0 aliphatic carbocycles. The highest BCUT2D eigenvalue weighted by Gasteiger charge is 2.15. The number of fused-ring (bicyclic) bond motifs is 1. The summed E-state index contributed by atoms with van der Waals surface area (Å²) in [5.41, 5.74) is 7.03. The van der Waals surface area contributed by atoms with Crippen LogP contribution in [-0.2, 0) is 11.2 Å². The number of nitrogens with zero attached hydrogens (tertiary/aromatic N) is 2. The third kappa shape index (κ3) is 5.06. The fraction of sp³-hybridized carbons (Fsp3) is 0.500. The molecule has 6 nitrogen and oxygen atoms in total. The van der Waals surface area contributed by atoms with Crippen molar-refractivity contribution in [3.05, 3.63) is 35.1 Å². The van der Waals surface area contributed by atoms with Crippen LogP contribution in [0.25, 0.3) is 11.0 Å². The molecule has 1 aromatic carbocycles. The molecular formula is C20H28N4O2S. The minimum absolute atomic E-state index is 0.521. The van der Waals surface area contributed by atoms with E-state index >= 15 is 0 Å². The normalized spacial score (nSPS) is 15.9. The molecule has 0 bridgehead atoms. The number of furan rings is 1. The number of ether oxygens (including phenoxy) is 1. The van der Waals surface area contributed by atoms with E-state index in [2.05, 4.69) is 46.7 Å². The van der Waals surface area contributed by atoms with Gasteiger partial charge < -0.3 is 14.5 Å². The average molecular weight is 389 g/mol. The summed E-state index contributed by atoms with van der Waals surface area (Å²) < 4.78 is 11.4. The van der Waals surface area contributed by atoms with Crippen LogP contribution in [0.3, 0.4) is 0 Å². The Morgan fingerprint density at radius 3 is 2.81 bits per heavy atom. The number of morpholine rings is 1. The fourth-order valence-corrected chi connectivity index (χ4v) is 3.43. The van der Waals surface area contributed by atoms with Crippen LogP contribution in [-0.4, -0.2) is 55.1 Å². The summed E-state index contributed by atoms with van der Waals surface area (Å²) in [4.78, 5) is 2.36. The van der Waals surface area contributed by atoms with E-state index in [-0.39, 0.29) is 0 Å². The molecule has 0 radical (unpaired) electrons. The molecule has 0 atom stereocenters. The SMILES string of the molecule is CCc1c(/C(C)=N\NC(=S)NCCN2CCOCC2)oc2ccc(C)cc12. The van der Waals surface area contributed by atoms with Gasteiger partial charge in [-0.05, 0) is 44.6 Å². The van der Waals surface area contributed by atoms with Crippen LogP contribution in [0.2, 0.25) is 0 Å². The summed E-state index contributed by atoms with van der Waals surface area (Å²) in [6.45, 7) is 11.5. The van der Waals surface area contributed by atoms with Crippen molar-refractivity contribution in [2.75, 3.05) is 39.4 Å². The fourth-order valence-electron chi connectivity index (χ4n) is 3.28. The van der Waals surface area contributed by atoms with Crippen molar-refractivity contribution < 1.29 is 9.15 Å². The second-order valence-corrected chi connectivity index (χ2v) is 7.19. The second kappa shape index (κ2) is 9.30. The van der Waals surface area contributed by atoms with Gasteiger partial charge in [0.05, 0.1) is 13.2 Å². The molecule has 3 rings (SSSR count). The molecule has 7 heteroatoms. The average Bonchev–Trinajstić information content (AvgIpc) is 3.04. The van der Waals surface area contributed by atoms with Gasteiger partial charge in [-0.1, -0.05) is 18.6 Å². The lowest BCUT2D eigenvalue weighted by molar-refractivity contribution is 0.0389. The van der Waals surface area contributed by atoms with Gasteiger partial charge in [0.1, 0.15) is 11.3 Å². The van der Waals surface area contributed by atoms with E-state index in [0.29, 0.717) is 5.11 Å². The molecule has 146 valence electrons. The van der Waals surface area contributed by atoms with Crippen LogP contribution in [0.4, 0.5) is 0 Å². The van der Waals surface area contributed by atoms with Gasteiger partial charge in [-0.3, -0.25) is 10.3 Å².